The van der Waals surface area contributed by atoms with Crippen LogP contribution in [0.2, 0.25) is 0 Å². The topological polar surface area (TPSA) is 108 Å². The normalized spacial score (nSPS) is 10.1. The predicted molar refractivity (Wildman–Crippen MR) is 93.0 cm³/mol. The van der Waals surface area contributed by atoms with Crippen LogP contribution < -0.4 is 10.1 Å². The Morgan fingerprint density at radius 3 is 2.46 bits per heavy atom. The molecule has 2 aromatic carbocycles. The lowest BCUT2D eigenvalue weighted by Gasteiger charge is -2.09. The van der Waals surface area contributed by atoms with Crippen LogP contribution >= 0.6 is 0 Å². The molecule has 8 nitrogen and oxygen atoms in total. The summed E-state index contributed by atoms with van der Waals surface area (Å²) >= 11 is 0. The van der Waals surface area contributed by atoms with Gasteiger partial charge in [-0.25, -0.2) is 4.79 Å². The number of nitro groups is 1. The van der Waals surface area contributed by atoms with Gasteiger partial charge in [-0.15, -0.1) is 0 Å². The Morgan fingerprint density at radius 2 is 1.85 bits per heavy atom. The van der Waals surface area contributed by atoms with E-state index in [0.717, 1.165) is 5.56 Å². The average molecular weight is 358 g/mol. The second-order valence-corrected chi connectivity index (χ2v) is 5.41. The maximum Gasteiger partial charge on any atom is 0.339 e. The van der Waals surface area contributed by atoms with Crippen molar-refractivity contribution in [1.82, 2.24) is 5.32 Å². The number of nitro benzene ring substituents is 1. The van der Waals surface area contributed by atoms with Crippen molar-refractivity contribution in [3.63, 3.8) is 0 Å². The van der Waals surface area contributed by atoms with E-state index in [0.29, 0.717) is 5.75 Å². The lowest BCUT2D eigenvalue weighted by atomic mass is 10.1. The summed E-state index contributed by atoms with van der Waals surface area (Å²) in [6, 6.07) is 11.3. The fraction of sp³-hybridized carbons (Fsp3) is 0.222. The number of hydrogen-bond acceptors (Lipinski definition) is 6. The summed E-state index contributed by atoms with van der Waals surface area (Å²) in [6.45, 7) is 1.26. The zero-order valence-corrected chi connectivity index (χ0v) is 14.4. The molecule has 136 valence electrons. The Hall–Kier alpha value is -3.42. The Labute approximate surface area is 149 Å². The Bertz CT molecular complexity index is 817. The van der Waals surface area contributed by atoms with E-state index in [1.54, 1.807) is 31.4 Å². The van der Waals surface area contributed by atoms with Gasteiger partial charge in [-0.05, 0) is 30.7 Å². The SMILES string of the molecule is COc1ccc(CNC(=O)COC(=O)c2cccc([N+](=O)[O-])c2C)cc1. The molecule has 0 atom stereocenters. The summed E-state index contributed by atoms with van der Waals surface area (Å²) in [7, 11) is 1.56. The van der Waals surface area contributed by atoms with Crippen LogP contribution in [0.5, 0.6) is 5.75 Å². The summed E-state index contributed by atoms with van der Waals surface area (Å²) in [4.78, 5) is 34.2. The fourth-order valence-electron chi connectivity index (χ4n) is 2.25. The van der Waals surface area contributed by atoms with Gasteiger partial charge in [0.25, 0.3) is 11.6 Å². The summed E-state index contributed by atoms with van der Waals surface area (Å²) in [5.41, 5.74) is 0.937. The highest BCUT2D eigenvalue weighted by Crippen LogP contribution is 2.21. The summed E-state index contributed by atoms with van der Waals surface area (Å²) in [5.74, 6) is -0.551. The number of ether oxygens (including phenoxy) is 2. The molecule has 0 aliphatic heterocycles. The molecule has 26 heavy (non-hydrogen) atoms. The minimum atomic E-state index is -0.786. The van der Waals surface area contributed by atoms with Gasteiger partial charge in [0.2, 0.25) is 0 Å². The van der Waals surface area contributed by atoms with E-state index in [9.17, 15) is 19.7 Å². The van der Waals surface area contributed by atoms with Crippen LogP contribution in [-0.4, -0.2) is 30.5 Å². The highest BCUT2D eigenvalue weighted by Gasteiger charge is 2.19. The number of methoxy groups -OCH3 is 1. The molecule has 8 heteroatoms. The maximum atomic E-state index is 12.1. The van der Waals surface area contributed by atoms with Gasteiger partial charge in [-0.3, -0.25) is 14.9 Å². The van der Waals surface area contributed by atoms with E-state index in [1.165, 1.54) is 25.1 Å². The molecule has 0 aliphatic carbocycles. The van der Waals surface area contributed by atoms with Crippen molar-refractivity contribution in [2.24, 2.45) is 0 Å². The van der Waals surface area contributed by atoms with E-state index in [1.807, 2.05) is 0 Å². The first-order chi connectivity index (χ1) is 12.4. The molecule has 0 aliphatic rings. The Balaban J connectivity index is 1.87. The van der Waals surface area contributed by atoms with Crippen LogP contribution in [0.15, 0.2) is 42.5 Å². The molecule has 0 spiro atoms. The zero-order chi connectivity index (χ0) is 19.1. The number of carbonyl (C=O) groups excluding carboxylic acids is 2. The molecule has 0 unspecified atom stereocenters. The van der Waals surface area contributed by atoms with Crippen molar-refractivity contribution >= 4 is 17.6 Å². The highest BCUT2D eigenvalue weighted by atomic mass is 16.6. The number of amides is 1. The molecule has 0 aromatic heterocycles. The molecule has 2 aromatic rings. The smallest absolute Gasteiger partial charge is 0.339 e. The van der Waals surface area contributed by atoms with Crippen molar-refractivity contribution < 1.29 is 24.0 Å². The molecule has 0 fully saturated rings. The Kier molecular flexibility index (Phi) is 6.26. The molecule has 0 heterocycles. The molecular formula is C18H18N2O6. The minimum Gasteiger partial charge on any atom is -0.497 e. The monoisotopic (exact) mass is 358 g/mol. The number of benzene rings is 2. The van der Waals surface area contributed by atoms with Gasteiger partial charge in [0.15, 0.2) is 6.61 Å². The molecular weight excluding hydrogens is 340 g/mol. The van der Waals surface area contributed by atoms with Gasteiger partial charge in [0.1, 0.15) is 5.75 Å². The molecule has 0 saturated carbocycles. The van der Waals surface area contributed by atoms with Crippen LogP contribution in [-0.2, 0) is 16.1 Å². The second-order valence-electron chi connectivity index (χ2n) is 5.41. The van der Waals surface area contributed by atoms with Crippen LogP contribution in [0.3, 0.4) is 0 Å². The number of nitrogens with one attached hydrogen (secondary N) is 1. The van der Waals surface area contributed by atoms with Gasteiger partial charge in [-0.2, -0.15) is 0 Å². The van der Waals surface area contributed by atoms with Crippen molar-refractivity contribution in [2.75, 3.05) is 13.7 Å². The minimum absolute atomic E-state index is 0.0576. The predicted octanol–water partition coefficient (Wildman–Crippen LogP) is 2.39. The Morgan fingerprint density at radius 1 is 1.15 bits per heavy atom. The molecule has 1 N–H and O–H groups in total. The third-order valence-electron chi connectivity index (χ3n) is 3.70. The number of hydrogen-bond donors (Lipinski definition) is 1. The summed E-state index contributed by atoms with van der Waals surface area (Å²) in [6.07, 6.45) is 0. The van der Waals surface area contributed by atoms with Crippen LogP contribution in [0.4, 0.5) is 5.69 Å². The number of esters is 1. The maximum absolute atomic E-state index is 12.1. The van der Waals surface area contributed by atoms with Gasteiger partial charge in [0.05, 0.1) is 17.6 Å². The highest BCUT2D eigenvalue weighted by molar-refractivity contribution is 5.93. The number of nitrogens with zero attached hydrogens (tertiary/aromatic N) is 1. The van der Waals surface area contributed by atoms with E-state index in [-0.39, 0.29) is 23.4 Å². The van der Waals surface area contributed by atoms with Crippen LogP contribution in [0, 0.1) is 17.0 Å². The first-order valence-corrected chi connectivity index (χ1v) is 7.73. The lowest BCUT2D eigenvalue weighted by molar-refractivity contribution is -0.385. The van der Waals surface area contributed by atoms with Crippen molar-refractivity contribution in [3.05, 3.63) is 69.3 Å². The summed E-state index contributed by atoms with van der Waals surface area (Å²) in [5, 5.41) is 13.5. The van der Waals surface area contributed by atoms with Gasteiger partial charge >= 0.3 is 5.97 Å². The molecule has 0 saturated heterocycles. The van der Waals surface area contributed by atoms with Gasteiger partial charge < -0.3 is 14.8 Å². The molecule has 0 bridgehead atoms. The van der Waals surface area contributed by atoms with Crippen molar-refractivity contribution in [2.45, 2.75) is 13.5 Å². The zero-order valence-electron chi connectivity index (χ0n) is 14.4. The quantitative estimate of drug-likeness (QED) is 0.462. The number of rotatable bonds is 7. The van der Waals surface area contributed by atoms with E-state index < -0.39 is 23.4 Å². The third-order valence-corrected chi connectivity index (χ3v) is 3.70. The van der Waals surface area contributed by atoms with Crippen molar-refractivity contribution in [3.8, 4) is 5.75 Å². The second kappa shape index (κ2) is 8.61. The lowest BCUT2D eigenvalue weighted by Crippen LogP contribution is -2.28. The fourth-order valence-corrected chi connectivity index (χ4v) is 2.25. The van der Waals surface area contributed by atoms with Gasteiger partial charge in [0, 0.05) is 18.2 Å². The van der Waals surface area contributed by atoms with Crippen LogP contribution in [0.25, 0.3) is 0 Å². The largest absolute Gasteiger partial charge is 0.497 e. The molecule has 2 rings (SSSR count). The average Bonchev–Trinajstić information content (AvgIpc) is 2.64. The van der Waals surface area contributed by atoms with E-state index in [4.69, 9.17) is 9.47 Å². The van der Waals surface area contributed by atoms with E-state index >= 15 is 0 Å². The van der Waals surface area contributed by atoms with Crippen LogP contribution in [0.1, 0.15) is 21.5 Å². The van der Waals surface area contributed by atoms with Crippen molar-refractivity contribution in [1.29, 1.82) is 0 Å². The standard InChI is InChI=1S/C18H18N2O6/c1-12-15(4-3-5-16(12)20(23)24)18(22)26-11-17(21)19-10-13-6-8-14(25-2)9-7-13/h3-9H,10-11H2,1-2H3,(H,19,21). The first kappa shape index (κ1) is 18.9. The first-order valence-electron chi connectivity index (χ1n) is 7.73. The molecule has 1 amide bonds. The molecule has 0 radical (unpaired) electrons. The number of carbonyl (C=O) groups is 2. The van der Waals surface area contributed by atoms with Gasteiger partial charge in [-0.1, -0.05) is 18.2 Å². The summed E-state index contributed by atoms with van der Waals surface area (Å²) < 4.78 is 9.98. The van der Waals surface area contributed by atoms with E-state index in [2.05, 4.69) is 5.32 Å². The third kappa shape index (κ3) is 4.79.